The minimum absolute atomic E-state index is 0.0581. The molecule has 40 heavy (non-hydrogen) atoms. The lowest BCUT2D eigenvalue weighted by molar-refractivity contribution is -0.0437. The Morgan fingerprint density at radius 1 is 0.900 bits per heavy atom. The minimum atomic E-state index is -1.33. The van der Waals surface area contributed by atoms with Gasteiger partial charge in [-0.25, -0.2) is 9.78 Å². The number of carboxylic acid groups (broad SMARTS) is 1. The molecular formula is C32H36N4O4. The Hall–Kier alpha value is -3.26. The molecular weight excluding hydrogens is 504 g/mol. The van der Waals surface area contributed by atoms with E-state index in [1.54, 1.807) is 0 Å². The van der Waals surface area contributed by atoms with Gasteiger partial charge in [0.15, 0.2) is 0 Å². The van der Waals surface area contributed by atoms with Gasteiger partial charge in [-0.3, -0.25) is 14.5 Å². The molecule has 208 valence electrons. The summed E-state index contributed by atoms with van der Waals surface area (Å²) in [4.78, 5) is 48.0. The Balaban J connectivity index is 1.17. The van der Waals surface area contributed by atoms with E-state index in [1.165, 1.54) is 63.6 Å². The number of carbonyl (C=O) groups is 1. The zero-order valence-corrected chi connectivity index (χ0v) is 22.7. The van der Waals surface area contributed by atoms with Gasteiger partial charge in [0.05, 0.1) is 11.0 Å². The van der Waals surface area contributed by atoms with E-state index in [2.05, 4.69) is 14.9 Å². The molecule has 3 aromatic rings. The molecule has 1 aromatic carbocycles. The third kappa shape index (κ3) is 3.75. The number of rotatable bonds is 4. The Bertz CT molecular complexity index is 1610. The van der Waals surface area contributed by atoms with Crippen molar-refractivity contribution in [2.75, 3.05) is 0 Å². The molecule has 7 atom stereocenters. The Labute approximate surface area is 232 Å². The summed E-state index contributed by atoms with van der Waals surface area (Å²) >= 11 is 0. The Morgan fingerprint density at radius 3 is 2.48 bits per heavy atom. The van der Waals surface area contributed by atoms with Crippen LogP contribution in [0.1, 0.15) is 80.6 Å². The highest BCUT2D eigenvalue weighted by Gasteiger charge is 2.53. The van der Waals surface area contributed by atoms with Crippen molar-refractivity contribution in [3.05, 3.63) is 62.8 Å². The van der Waals surface area contributed by atoms with Gasteiger partial charge in [0.1, 0.15) is 11.3 Å². The van der Waals surface area contributed by atoms with Crippen molar-refractivity contribution in [1.29, 1.82) is 0 Å². The van der Waals surface area contributed by atoms with Gasteiger partial charge >= 0.3 is 5.97 Å². The first-order valence-corrected chi connectivity index (χ1v) is 15.2. The van der Waals surface area contributed by atoms with E-state index in [9.17, 15) is 19.5 Å². The molecule has 3 aliphatic carbocycles. The molecule has 8 nitrogen and oxygen atoms in total. The van der Waals surface area contributed by atoms with Gasteiger partial charge in [0.25, 0.3) is 11.1 Å². The van der Waals surface area contributed by atoms with E-state index in [0.29, 0.717) is 29.2 Å². The topological polar surface area (TPSA) is 108 Å². The first-order chi connectivity index (χ1) is 19.4. The van der Waals surface area contributed by atoms with E-state index in [1.807, 2.05) is 28.8 Å². The van der Waals surface area contributed by atoms with Crippen LogP contribution in [0.15, 0.2) is 46.1 Å². The highest BCUT2D eigenvalue weighted by atomic mass is 16.4. The van der Waals surface area contributed by atoms with Crippen molar-refractivity contribution in [2.24, 2.45) is 23.7 Å². The standard InChI is InChI=1S/C32H36N4O4/c37-30-26(32(39)40)13-20(16-33-30)29-31(38)36(28-7-2-1-6-27(28)34-29)24-14-21-4-3-5-22(15-24)35(21)23-9-17-8-18-11-19(12-23)25(18)10-17/h1-2,6-7,13,16-19,21-25H,3-5,8-12,14-15H2,(H,33,37)(H,39,40). The van der Waals surface area contributed by atoms with Crippen LogP contribution in [0.4, 0.5) is 0 Å². The van der Waals surface area contributed by atoms with E-state index >= 15 is 0 Å². The maximum atomic E-state index is 14.2. The van der Waals surface area contributed by atoms with Gasteiger partial charge in [0.2, 0.25) is 0 Å². The number of pyridine rings is 1. The van der Waals surface area contributed by atoms with Crippen LogP contribution in [-0.4, -0.2) is 48.6 Å². The first kappa shape index (κ1) is 24.5. The molecule has 5 aliphatic rings. The van der Waals surface area contributed by atoms with E-state index in [0.717, 1.165) is 42.0 Å². The molecule has 0 spiro atoms. The monoisotopic (exact) mass is 540 g/mol. The number of aromatic carboxylic acids is 1. The molecule has 4 bridgehead atoms. The van der Waals surface area contributed by atoms with Gasteiger partial charge in [0, 0.05) is 35.9 Å². The second kappa shape index (κ2) is 9.13. The maximum Gasteiger partial charge on any atom is 0.341 e. The number of nitrogens with one attached hydrogen (secondary N) is 1. The minimum Gasteiger partial charge on any atom is -0.477 e. The molecule has 8 rings (SSSR count). The third-order valence-electron chi connectivity index (χ3n) is 11.2. The third-order valence-corrected chi connectivity index (χ3v) is 11.2. The largest absolute Gasteiger partial charge is 0.477 e. The summed E-state index contributed by atoms with van der Waals surface area (Å²) in [7, 11) is 0. The highest BCUT2D eigenvalue weighted by Crippen LogP contribution is 2.59. The van der Waals surface area contributed by atoms with Crippen LogP contribution < -0.4 is 11.1 Å². The fourth-order valence-corrected chi connectivity index (χ4v) is 9.71. The van der Waals surface area contributed by atoms with Crippen LogP contribution >= 0.6 is 0 Å². The van der Waals surface area contributed by atoms with Crippen molar-refractivity contribution in [3.8, 4) is 11.3 Å². The predicted molar refractivity (Wildman–Crippen MR) is 151 cm³/mol. The van der Waals surface area contributed by atoms with Crippen molar-refractivity contribution < 1.29 is 9.90 Å². The first-order valence-electron chi connectivity index (χ1n) is 15.2. The lowest BCUT2D eigenvalue weighted by atomic mass is 9.64. The quantitative estimate of drug-likeness (QED) is 0.491. The molecule has 7 unspecified atom stereocenters. The summed E-state index contributed by atoms with van der Waals surface area (Å²) in [5, 5.41) is 9.50. The van der Waals surface area contributed by atoms with Gasteiger partial charge in [-0.05, 0) is 99.7 Å². The summed E-state index contributed by atoms with van der Waals surface area (Å²) in [6.07, 6.45) is 14.1. The zero-order valence-electron chi connectivity index (χ0n) is 22.7. The molecule has 2 N–H and O–H groups in total. The Kier molecular flexibility index (Phi) is 5.60. The molecule has 0 amide bonds. The molecule has 2 aromatic heterocycles. The van der Waals surface area contributed by atoms with Crippen molar-refractivity contribution in [2.45, 2.75) is 88.4 Å². The average Bonchev–Trinajstić information content (AvgIpc) is 3.16. The zero-order chi connectivity index (χ0) is 27.1. The second-order valence-corrected chi connectivity index (χ2v) is 13.3. The number of hydrogen-bond donors (Lipinski definition) is 2. The fourth-order valence-electron chi connectivity index (χ4n) is 9.71. The molecule has 5 fully saturated rings. The summed E-state index contributed by atoms with van der Waals surface area (Å²) < 4.78 is 1.94. The summed E-state index contributed by atoms with van der Waals surface area (Å²) in [5.41, 5.74) is 0.731. The van der Waals surface area contributed by atoms with Crippen LogP contribution in [0.25, 0.3) is 22.3 Å². The number of aromatic nitrogens is 3. The fraction of sp³-hybridized carbons (Fsp3) is 0.562. The van der Waals surface area contributed by atoms with Gasteiger partial charge in [-0.1, -0.05) is 18.6 Å². The number of fused-ring (bicyclic) bond motifs is 4. The molecule has 2 aliphatic heterocycles. The van der Waals surface area contributed by atoms with Crippen LogP contribution in [0.5, 0.6) is 0 Å². The van der Waals surface area contributed by atoms with Gasteiger partial charge < -0.3 is 14.7 Å². The number of benzene rings is 1. The predicted octanol–water partition coefficient (Wildman–Crippen LogP) is 4.83. The molecule has 0 radical (unpaired) electrons. The van der Waals surface area contributed by atoms with E-state index in [4.69, 9.17) is 0 Å². The maximum absolute atomic E-state index is 14.2. The Morgan fingerprint density at radius 2 is 1.68 bits per heavy atom. The van der Waals surface area contributed by atoms with E-state index in [-0.39, 0.29) is 17.3 Å². The second-order valence-electron chi connectivity index (χ2n) is 13.3. The summed E-state index contributed by atoms with van der Waals surface area (Å²) in [6.45, 7) is 0. The number of piperidine rings is 2. The lowest BCUT2D eigenvalue weighted by Crippen LogP contribution is -2.58. The average molecular weight is 541 g/mol. The number of aromatic amines is 1. The van der Waals surface area contributed by atoms with Gasteiger partial charge in [-0.15, -0.1) is 0 Å². The normalized spacial score (nSPS) is 34.8. The van der Waals surface area contributed by atoms with Crippen LogP contribution in [0.3, 0.4) is 0 Å². The van der Waals surface area contributed by atoms with Gasteiger partial charge in [-0.2, -0.15) is 0 Å². The number of H-pyrrole nitrogens is 1. The number of para-hydroxylation sites is 2. The molecule has 4 heterocycles. The van der Waals surface area contributed by atoms with Crippen LogP contribution in [0, 0.1) is 23.7 Å². The van der Waals surface area contributed by atoms with E-state index < -0.39 is 17.1 Å². The van der Waals surface area contributed by atoms with Crippen LogP contribution in [-0.2, 0) is 0 Å². The summed E-state index contributed by atoms with van der Waals surface area (Å²) in [6, 6.07) is 10.7. The van der Waals surface area contributed by atoms with Crippen LogP contribution in [0.2, 0.25) is 0 Å². The molecule has 8 heteroatoms. The van der Waals surface area contributed by atoms with Crippen molar-refractivity contribution in [1.82, 2.24) is 19.4 Å². The van der Waals surface area contributed by atoms with Crippen molar-refractivity contribution >= 4 is 17.0 Å². The lowest BCUT2D eigenvalue weighted by Gasteiger charge is -2.54. The molecule has 3 saturated carbocycles. The summed E-state index contributed by atoms with van der Waals surface area (Å²) in [5.74, 6) is 2.54. The smallest absolute Gasteiger partial charge is 0.341 e. The number of carboxylic acids is 1. The number of hydrogen-bond acceptors (Lipinski definition) is 5. The number of nitrogens with zero attached hydrogens (tertiary/aromatic N) is 3. The van der Waals surface area contributed by atoms with Crippen molar-refractivity contribution in [3.63, 3.8) is 0 Å². The SMILES string of the molecule is O=C(O)c1cc(-c2nc3ccccc3n(C3CC4CCCC(C3)N4C3CC4CC5CC(C3)C5C4)c2=O)c[nH]c1=O. The molecule has 2 saturated heterocycles. The highest BCUT2D eigenvalue weighted by molar-refractivity contribution is 5.88.